The SMILES string of the molecule is Cc1cc(Br)ccc1NC(=O)c1ccc2ccccc2n1. The van der Waals surface area contributed by atoms with Crippen LogP contribution in [0.4, 0.5) is 5.69 Å². The lowest BCUT2D eigenvalue weighted by molar-refractivity contribution is 0.102. The summed E-state index contributed by atoms with van der Waals surface area (Å²) in [5, 5.41) is 3.92. The number of hydrogen-bond donors (Lipinski definition) is 1. The molecule has 104 valence electrons. The van der Waals surface area contributed by atoms with Gasteiger partial charge in [0.1, 0.15) is 5.69 Å². The molecular formula is C17H13BrN2O. The van der Waals surface area contributed by atoms with Crippen molar-refractivity contribution in [2.75, 3.05) is 5.32 Å². The number of aryl methyl sites for hydroxylation is 1. The molecule has 0 radical (unpaired) electrons. The average Bonchev–Trinajstić information content (AvgIpc) is 2.49. The molecule has 4 heteroatoms. The number of aromatic nitrogens is 1. The maximum Gasteiger partial charge on any atom is 0.274 e. The van der Waals surface area contributed by atoms with Crippen molar-refractivity contribution < 1.29 is 4.79 Å². The van der Waals surface area contributed by atoms with Crippen LogP contribution in [0.15, 0.2) is 59.1 Å². The minimum absolute atomic E-state index is 0.203. The third-order valence-corrected chi connectivity index (χ3v) is 3.76. The minimum Gasteiger partial charge on any atom is -0.320 e. The fourth-order valence-electron chi connectivity index (χ4n) is 2.15. The van der Waals surface area contributed by atoms with E-state index in [1.807, 2.05) is 55.5 Å². The van der Waals surface area contributed by atoms with Crippen molar-refractivity contribution in [1.82, 2.24) is 4.98 Å². The molecule has 0 unspecified atom stereocenters. The maximum atomic E-state index is 12.3. The number of pyridine rings is 1. The van der Waals surface area contributed by atoms with Crippen molar-refractivity contribution in [2.24, 2.45) is 0 Å². The Morgan fingerprint density at radius 1 is 1.10 bits per heavy atom. The van der Waals surface area contributed by atoms with E-state index in [1.165, 1.54) is 0 Å². The fraction of sp³-hybridized carbons (Fsp3) is 0.0588. The van der Waals surface area contributed by atoms with Crippen LogP contribution < -0.4 is 5.32 Å². The van der Waals surface area contributed by atoms with Crippen molar-refractivity contribution in [3.05, 3.63) is 70.3 Å². The smallest absolute Gasteiger partial charge is 0.274 e. The topological polar surface area (TPSA) is 42.0 Å². The molecule has 3 nitrogen and oxygen atoms in total. The first-order valence-corrected chi connectivity index (χ1v) is 7.36. The number of rotatable bonds is 2. The molecule has 3 rings (SSSR count). The molecule has 3 aromatic rings. The van der Waals surface area contributed by atoms with E-state index in [0.29, 0.717) is 5.69 Å². The summed E-state index contributed by atoms with van der Waals surface area (Å²) in [5.74, 6) is -0.203. The number of para-hydroxylation sites is 1. The van der Waals surface area contributed by atoms with Crippen LogP contribution in [0.2, 0.25) is 0 Å². The molecule has 2 aromatic carbocycles. The van der Waals surface area contributed by atoms with Crippen LogP contribution in [0.25, 0.3) is 10.9 Å². The summed E-state index contributed by atoms with van der Waals surface area (Å²) >= 11 is 3.41. The van der Waals surface area contributed by atoms with Crippen molar-refractivity contribution in [2.45, 2.75) is 6.92 Å². The molecule has 0 fully saturated rings. The molecule has 1 aromatic heterocycles. The fourth-order valence-corrected chi connectivity index (χ4v) is 2.62. The zero-order chi connectivity index (χ0) is 14.8. The molecule has 0 atom stereocenters. The molecule has 0 saturated carbocycles. The van der Waals surface area contributed by atoms with Crippen LogP contribution >= 0.6 is 15.9 Å². The van der Waals surface area contributed by atoms with Gasteiger partial charge in [-0.2, -0.15) is 0 Å². The summed E-state index contributed by atoms with van der Waals surface area (Å²) in [4.78, 5) is 16.7. The molecule has 0 bridgehead atoms. The quantitative estimate of drug-likeness (QED) is 0.743. The second kappa shape index (κ2) is 5.66. The summed E-state index contributed by atoms with van der Waals surface area (Å²) in [6, 6.07) is 17.1. The van der Waals surface area contributed by atoms with Gasteiger partial charge in [-0.3, -0.25) is 4.79 Å². The van der Waals surface area contributed by atoms with Crippen LogP contribution in [-0.2, 0) is 0 Å². The first-order valence-electron chi connectivity index (χ1n) is 6.57. The largest absolute Gasteiger partial charge is 0.320 e. The number of carbonyl (C=O) groups excluding carboxylic acids is 1. The van der Waals surface area contributed by atoms with Crippen molar-refractivity contribution in [3.8, 4) is 0 Å². The number of benzene rings is 2. The molecule has 0 saturated heterocycles. The molecule has 1 N–H and O–H groups in total. The van der Waals surface area contributed by atoms with Crippen molar-refractivity contribution in [1.29, 1.82) is 0 Å². The van der Waals surface area contributed by atoms with E-state index < -0.39 is 0 Å². The van der Waals surface area contributed by atoms with E-state index in [2.05, 4.69) is 26.2 Å². The molecule has 0 spiro atoms. The minimum atomic E-state index is -0.203. The summed E-state index contributed by atoms with van der Waals surface area (Å²) in [5.41, 5.74) is 3.02. The third-order valence-electron chi connectivity index (χ3n) is 3.27. The number of halogens is 1. The van der Waals surface area contributed by atoms with Gasteiger partial charge in [0.2, 0.25) is 0 Å². The van der Waals surface area contributed by atoms with Gasteiger partial charge in [-0.05, 0) is 42.8 Å². The summed E-state index contributed by atoms with van der Waals surface area (Å²) in [6.45, 7) is 1.95. The second-order valence-electron chi connectivity index (χ2n) is 4.80. The van der Waals surface area contributed by atoms with Crippen molar-refractivity contribution >= 4 is 38.4 Å². The molecule has 0 aliphatic rings. The molecule has 1 heterocycles. The Morgan fingerprint density at radius 3 is 2.71 bits per heavy atom. The van der Waals surface area contributed by atoms with Gasteiger partial charge in [0.25, 0.3) is 5.91 Å². The van der Waals surface area contributed by atoms with E-state index in [-0.39, 0.29) is 5.91 Å². The Morgan fingerprint density at radius 2 is 1.90 bits per heavy atom. The summed E-state index contributed by atoms with van der Waals surface area (Å²) in [6.07, 6.45) is 0. The van der Waals surface area contributed by atoms with Gasteiger partial charge >= 0.3 is 0 Å². The molecule has 1 amide bonds. The standard InChI is InChI=1S/C17H13BrN2O/c1-11-10-13(18)7-9-14(11)20-17(21)16-8-6-12-4-2-3-5-15(12)19-16/h2-10H,1H3,(H,20,21). The van der Waals surface area contributed by atoms with E-state index in [4.69, 9.17) is 0 Å². The summed E-state index contributed by atoms with van der Waals surface area (Å²) < 4.78 is 0.988. The lowest BCUT2D eigenvalue weighted by atomic mass is 10.2. The summed E-state index contributed by atoms with van der Waals surface area (Å²) in [7, 11) is 0. The lowest BCUT2D eigenvalue weighted by Crippen LogP contribution is -2.14. The highest BCUT2D eigenvalue weighted by atomic mass is 79.9. The Hall–Kier alpha value is -2.20. The molecule has 21 heavy (non-hydrogen) atoms. The normalized spacial score (nSPS) is 10.6. The Labute approximate surface area is 131 Å². The third kappa shape index (κ3) is 2.95. The van der Waals surface area contributed by atoms with E-state index in [1.54, 1.807) is 6.07 Å². The maximum absolute atomic E-state index is 12.3. The predicted molar refractivity (Wildman–Crippen MR) is 88.6 cm³/mol. The van der Waals surface area contributed by atoms with E-state index >= 15 is 0 Å². The van der Waals surface area contributed by atoms with Gasteiger partial charge in [-0.1, -0.05) is 40.2 Å². The van der Waals surface area contributed by atoms with Crippen molar-refractivity contribution in [3.63, 3.8) is 0 Å². The highest BCUT2D eigenvalue weighted by molar-refractivity contribution is 9.10. The number of amides is 1. The Kier molecular flexibility index (Phi) is 3.71. The number of carbonyl (C=O) groups is 1. The monoisotopic (exact) mass is 340 g/mol. The zero-order valence-corrected chi connectivity index (χ0v) is 13.0. The van der Waals surface area contributed by atoms with Gasteiger partial charge in [-0.25, -0.2) is 4.98 Å². The predicted octanol–water partition coefficient (Wildman–Crippen LogP) is 4.56. The van der Waals surface area contributed by atoms with Gasteiger partial charge in [-0.15, -0.1) is 0 Å². The van der Waals surface area contributed by atoms with Gasteiger partial charge in [0, 0.05) is 15.5 Å². The first-order chi connectivity index (χ1) is 10.1. The molecule has 0 aliphatic carbocycles. The first kappa shape index (κ1) is 13.8. The number of nitrogens with zero attached hydrogens (tertiary/aromatic N) is 1. The highest BCUT2D eigenvalue weighted by Crippen LogP contribution is 2.21. The van der Waals surface area contributed by atoms with E-state index in [9.17, 15) is 4.79 Å². The van der Waals surface area contributed by atoms with E-state index in [0.717, 1.165) is 26.6 Å². The second-order valence-corrected chi connectivity index (χ2v) is 5.72. The number of anilines is 1. The lowest BCUT2D eigenvalue weighted by Gasteiger charge is -2.08. The van der Waals surface area contributed by atoms with Crippen LogP contribution in [0, 0.1) is 6.92 Å². The molecular weight excluding hydrogens is 328 g/mol. The van der Waals surface area contributed by atoms with Crippen LogP contribution in [0.1, 0.15) is 16.1 Å². The average molecular weight is 341 g/mol. The highest BCUT2D eigenvalue weighted by Gasteiger charge is 2.10. The van der Waals surface area contributed by atoms with Crippen LogP contribution in [-0.4, -0.2) is 10.9 Å². The zero-order valence-electron chi connectivity index (χ0n) is 11.4. The Balaban J connectivity index is 1.89. The molecule has 0 aliphatic heterocycles. The van der Waals surface area contributed by atoms with Gasteiger partial charge < -0.3 is 5.32 Å². The van der Waals surface area contributed by atoms with Gasteiger partial charge in [0.05, 0.1) is 5.52 Å². The Bertz CT molecular complexity index is 830. The van der Waals surface area contributed by atoms with Gasteiger partial charge in [0.15, 0.2) is 0 Å². The number of hydrogen-bond acceptors (Lipinski definition) is 2. The van der Waals surface area contributed by atoms with Crippen LogP contribution in [0.3, 0.4) is 0 Å². The number of fused-ring (bicyclic) bond motifs is 1. The number of nitrogens with one attached hydrogen (secondary N) is 1. The van der Waals surface area contributed by atoms with Crippen LogP contribution in [0.5, 0.6) is 0 Å².